The van der Waals surface area contributed by atoms with Crippen molar-refractivity contribution in [1.29, 1.82) is 0 Å². The molecule has 2 nitrogen and oxygen atoms in total. The van der Waals surface area contributed by atoms with E-state index in [0.717, 1.165) is 22.6 Å². The van der Waals surface area contributed by atoms with Crippen LogP contribution in [0.5, 0.6) is 0 Å². The molecular formula is C13H19BrN2. The van der Waals surface area contributed by atoms with Gasteiger partial charge in [0.25, 0.3) is 0 Å². The molecule has 1 saturated carbocycles. The highest BCUT2D eigenvalue weighted by atomic mass is 79.9. The lowest BCUT2D eigenvalue weighted by atomic mass is 10.1. The number of hydrogen-bond acceptors (Lipinski definition) is 2. The fourth-order valence-corrected chi connectivity index (χ4v) is 2.44. The van der Waals surface area contributed by atoms with Crippen LogP contribution in [0, 0.1) is 5.92 Å². The Bertz CT molecular complexity index is 374. The molecular weight excluding hydrogens is 264 g/mol. The summed E-state index contributed by atoms with van der Waals surface area (Å²) in [6, 6.07) is 6.81. The van der Waals surface area contributed by atoms with E-state index in [4.69, 9.17) is 5.73 Å². The highest BCUT2D eigenvalue weighted by molar-refractivity contribution is 9.10. The van der Waals surface area contributed by atoms with Crippen molar-refractivity contribution in [3.8, 4) is 0 Å². The third-order valence-corrected chi connectivity index (χ3v) is 4.02. The van der Waals surface area contributed by atoms with Crippen molar-refractivity contribution in [3.63, 3.8) is 0 Å². The van der Waals surface area contributed by atoms with Crippen LogP contribution in [0.2, 0.25) is 0 Å². The Balaban J connectivity index is 2.02. The van der Waals surface area contributed by atoms with Gasteiger partial charge in [0.2, 0.25) is 0 Å². The van der Waals surface area contributed by atoms with E-state index in [1.807, 2.05) is 6.07 Å². The second-order valence-electron chi connectivity index (χ2n) is 4.84. The molecule has 1 aliphatic carbocycles. The van der Waals surface area contributed by atoms with Gasteiger partial charge in [-0.3, -0.25) is 4.90 Å². The maximum atomic E-state index is 6.00. The number of anilines is 1. The molecule has 1 aromatic carbocycles. The summed E-state index contributed by atoms with van der Waals surface area (Å²) < 4.78 is 1.05. The predicted octanol–water partition coefficient (Wildman–Crippen LogP) is 3.26. The number of nitrogens with zero attached hydrogens (tertiary/aromatic N) is 1. The van der Waals surface area contributed by atoms with Crippen LogP contribution >= 0.6 is 15.9 Å². The summed E-state index contributed by atoms with van der Waals surface area (Å²) in [7, 11) is 2.18. The molecule has 1 aromatic rings. The van der Waals surface area contributed by atoms with Gasteiger partial charge in [0, 0.05) is 22.7 Å². The molecule has 1 aliphatic rings. The first kappa shape index (κ1) is 11.9. The molecule has 0 heterocycles. The van der Waals surface area contributed by atoms with Crippen molar-refractivity contribution in [3.05, 3.63) is 28.2 Å². The molecule has 0 radical (unpaired) electrons. The first-order valence-corrected chi connectivity index (χ1v) is 6.61. The monoisotopic (exact) mass is 282 g/mol. The van der Waals surface area contributed by atoms with Gasteiger partial charge in [-0.15, -0.1) is 0 Å². The standard InChI is InChI=1S/C13H19BrN2/c1-9(10-3-4-10)16(2)8-11-5-6-12(14)7-13(11)15/h5-7,9-10H,3-4,8,15H2,1-2H3. The van der Waals surface area contributed by atoms with Crippen LogP contribution in [-0.2, 0) is 6.54 Å². The minimum atomic E-state index is 0.669. The lowest BCUT2D eigenvalue weighted by molar-refractivity contribution is 0.227. The number of rotatable bonds is 4. The molecule has 88 valence electrons. The summed E-state index contributed by atoms with van der Waals surface area (Å²) in [5.74, 6) is 0.904. The van der Waals surface area contributed by atoms with Crippen molar-refractivity contribution in [2.75, 3.05) is 12.8 Å². The third-order valence-electron chi connectivity index (χ3n) is 3.53. The average Bonchev–Trinajstić information content (AvgIpc) is 3.04. The summed E-state index contributed by atoms with van der Waals surface area (Å²) in [6.07, 6.45) is 2.78. The highest BCUT2D eigenvalue weighted by Crippen LogP contribution is 2.35. The van der Waals surface area contributed by atoms with E-state index >= 15 is 0 Å². The molecule has 1 fully saturated rings. The highest BCUT2D eigenvalue weighted by Gasteiger charge is 2.30. The minimum absolute atomic E-state index is 0.669. The van der Waals surface area contributed by atoms with E-state index in [-0.39, 0.29) is 0 Å². The normalized spacial score (nSPS) is 17.8. The van der Waals surface area contributed by atoms with E-state index in [0.29, 0.717) is 6.04 Å². The fraction of sp³-hybridized carbons (Fsp3) is 0.538. The summed E-state index contributed by atoms with van der Waals surface area (Å²) in [5, 5.41) is 0. The van der Waals surface area contributed by atoms with Gasteiger partial charge in [-0.05, 0) is 50.4 Å². The molecule has 0 amide bonds. The topological polar surface area (TPSA) is 29.3 Å². The smallest absolute Gasteiger partial charge is 0.0371 e. The number of nitrogens with two attached hydrogens (primary N) is 1. The van der Waals surface area contributed by atoms with Crippen molar-refractivity contribution in [2.45, 2.75) is 32.4 Å². The van der Waals surface area contributed by atoms with Crippen molar-refractivity contribution >= 4 is 21.6 Å². The Labute approximate surface area is 106 Å². The quantitative estimate of drug-likeness (QED) is 0.859. The van der Waals surface area contributed by atoms with E-state index in [9.17, 15) is 0 Å². The Hall–Kier alpha value is -0.540. The molecule has 0 aliphatic heterocycles. The van der Waals surface area contributed by atoms with Crippen LogP contribution in [0.3, 0.4) is 0 Å². The van der Waals surface area contributed by atoms with Crippen molar-refractivity contribution < 1.29 is 0 Å². The Kier molecular flexibility index (Phi) is 3.55. The van der Waals surface area contributed by atoms with Gasteiger partial charge in [0.05, 0.1) is 0 Å². The molecule has 0 saturated heterocycles. The number of nitrogen functional groups attached to an aromatic ring is 1. The maximum absolute atomic E-state index is 6.00. The molecule has 1 unspecified atom stereocenters. The Morgan fingerprint density at radius 2 is 2.19 bits per heavy atom. The van der Waals surface area contributed by atoms with Gasteiger partial charge >= 0.3 is 0 Å². The van der Waals surface area contributed by atoms with Crippen LogP contribution in [0.25, 0.3) is 0 Å². The van der Waals surface area contributed by atoms with Crippen LogP contribution in [-0.4, -0.2) is 18.0 Å². The zero-order valence-corrected chi connectivity index (χ0v) is 11.5. The lowest BCUT2D eigenvalue weighted by Crippen LogP contribution is -2.30. The van der Waals surface area contributed by atoms with Crippen LogP contribution in [0.4, 0.5) is 5.69 Å². The van der Waals surface area contributed by atoms with Crippen LogP contribution in [0.1, 0.15) is 25.3 Å². The fourth-order valence-electron chi connectivity index (χ4n) is 2.06. The molecule has 1 atom stereocenters. The zero-order chi connectivity index (χ0) is 11.7. The maximum Gasteiger partial charge on any atom is 0.0371 e. The van der Waals surface area contributed by atoms with Crippen LogP contribution in [0.15, 0.2) is 22.7 Å². The van der Waals surface area contributed by atoms with Gasteiger partial charge in [-0.25, -0.2) is 0 Å². The number of halogens is 1. The predicted molar refractivity (Wildman–Crippen MR) is 72.2 cm³/mol. The van der Waals surface area contributed by atoms with Crippen LogP contribution < -0.4 is 5.73 Å². The molecule has 2 rings (SSSR count). The summed E-state index contributed by atoms with van der Waals surface area (Å²) in [5.41, 5.74) is 8.10. The van der Waals surface area contributed by atoms with Gasteiger partial charge in [0.15, 0.2) is 0 Å². The first-order valence-electron chi connectivity index (χ1n) is 5.82. The second-order valence-corrected chi connectivity index (χ2v) is 5.75. The van der Waals surface area contributed by atoms with E-state index in [1.54, 1.807) is 0 Å². The van der Waals surface area contributed by atoms with Crippen molar-refractivity contribution in [2.24, 2.45) is 5.92 Å². The zero-order valence-electron chi connectivity index (χ0n) is 9.91. The van der Waals surface area contributed by atoms with E-state index in [1.165, 1.54) is 18.4 Å². The van der Waals surface area contributed by atoms with E-state index in [2.05, 4.69) is 46.9 Å². The van der Waals surface area contributed by atoms with Crippen molar-refractivity contribution in [1.82, 2.24) is 4.90 Å². The Morgan fingerprint density at radius 1 is 1.50 bits per heavy atom. The summed E-state index contributed by atoms with van der Waals surface area (Å²) in [4.78, 5) is 2.40. The molecule has 16 heavy (non-hydrogen) atoms. The van der Waals surface area contributed by atoms with E-state index < -0.39 is 0 Å². The second kappa shape index (κ2) is 4.76. The van der Waals surface area contributed by atoms with Gasteiger partial charge in [-0.1, -0.05) is 22.0 Å². The molecule has 2 N–H and O–H groups in total. The first-order chi connectivity index (χ1) is 7.58. The Morgan fingerprint density at radius 3 is 2.75 bits per heavy atom. The molecule has 0 spiro atoms. The van der Waals surface area contributed by atoms with Gasteiger partial charge in [0.1, 0.15) is 0 Å². The summed E-state index contributed by atoms with van der Waals surface area (Å²) >= 11 is 3.43. The lowest BCUT2D eigenvalue weighted by Gasteiger charge is -2.25. The SMILES string of the molecule is CC(C1CC1)N(C)Cc1ccc(Br)cc1N. The average molecular weight is 283 g/mol. The minimum Gasteiger partial charge on any atom is -0.398 e. The molecule has 3 heteroatoms. The number of hydrogen-bond donors (Lipinski definition) is 1. The third kappa shape index (κ3) is 2.77. The van der Waals surface area contributed by atoms with Gasteiger partial charge in [-0.2, -0.15) is 0 Å². The molecule has 0 bridgehead atoms. The number of benzene rings is 1. The molecule has 0 aromatic heterocycles. The summed E-state index contributed by atoms with van der Waals surface area (Å²) in [6.45, 7) is 3.25. The largest absolute Gasteiger partial charge is 0.398 e. The van der Waals surface area contributed by atoms with Gasteiger partial charge < -0.3 is 5.73 Å².